The highest BCUT2D eigenvalue weighted by Crippen LogP contribution is 2.30. The number of guanidine groups is 1. The van der Waals surface area contributed by atoms with Crippen molar-refractivity contribution < 1.29 is 18.9 Å². The summed E-state index contributed by atoms with van der Waals surface area (Å²) in [5, 5.41) is 6.81. The van der Waals surface area contributed by atoms with Crippen molar-refractivity contribution in [3.8, 4) is 17.2 Å². The van der Waals surface area contributed by atoms with Crippen molar-refractivity contribution in [2.75, 3.05) is 66.0 Å². The molecule has 8 nitrogen and oxygen atoms in total. The number of benzene rings is 2. The minimum atomic E-state index is 0.179. The van der Waals surface area contributed by atoms with Gasteiger partial charge in [0.15, 0.2) is 17.5 Å². The average molecular weight is 443 g/mol. The van der Waals surface area contributed by atoms with Gasteiger partial charge >= 0.3 is 0 Å². The summed E-state index contributed by atoms with van der Waals surface area (Å²) < 4.78 is 21.9. The van der Waals surface area contributed by atoms with Crippen molar-refractivity contribution in [3.05, 3.63) is 48.0 Å². The summed E-state index contributed by atoms with van der Waals surface area (Å²) in [6, 6.07) is 14.2. The highest BCUT2D eigenvalue weighted by Gasteiger charge is 2.23. The number of rotatable bonds is 9. The number of methoxy groups -OCH3 is 2. The molecule has 1 unspecified atom stereocenters. The fourth-order valence-electron chi connectivity index (χ4n) is 3.70. The Labute approximate surface area is 190 Å². The fourth-order valence-corrected chi connectivity index (χ4v) is 3.70. The van der Waals surface area contributed by atoms with E-state index in [4.69, 9.17) is 18.9 Å². The molecule has 1 atom stereocenters. The summed E-state index contributed by atoms with van der Waals surface area (Å²) in [5.74, 6) is 2.93. The summed E-state index contributed by atoms with van der Waals surface area (Å²) in [6.45, 7) is 6.49. The molecule has 2 aromatic rings. The summed E-state index contributed by atoms with van der Waals surface area (Å²) in [4.78, 5) is 6.83. The molecule has 1 fully saturated rings. The van der Waals surface area contributed by atoms with Gasteiger partial charge in [-0.05, 0) is 36.8 Å². The zero-order chi connectivity index (χ0) is 22.8. The third kappa shape index (κ3) is 6.27. The van der Waals surface area contributed by atoms with Crippen molar-refractivity contribution in [2.24, 2.45) is 4.99 Å². The molecule has 0 saturated carbocycles. The van der Waals surface area contributed by atoms with Crippen LogP contribution < -0.4 is 24.8 Å². The topological polar surface area (TPSA) is 76.6 Å². The first kappa shape index (κ1) is 23.7. The Morgan fingerprint density at radius 3 is 2.44 bits per heavy atom. The third-order valence-electron chi connectivity index (χ3n) is 5.40. The van der Waals surface area contributed by atoms with E-state index in [-0.39, 0.29) is 6.04 Å². The summed E-state index contributed by atoms with van der Waals surface area (Å²) in [7, 11) is 5.08. The second-order valence-electron chi connectivity index (χ2n) is 7.31. The lowest BCUT2D eigenvalue weighted by Crippen LogP contribution is -2.44. The van der Waals surface area contributed by atoms with Gasteiger partial charge in [0.25, 0.3) is 0 Å². The summed E-state index contributed by atoms with van der Waals surface area (Å²) in [6.07, 6.45) is 0. The van der Waals surface area contributed by atoms with Crippen LogP contribution in [-0.4, -0.2) is 71.6 Å². The molecule has 1 saturated heterocycles. The van der Waals surface area contributed by atoms with E-state index in [1.54, 1.807) is 21.3 Å². The zero-order valence-corrected chi connectivity index (χ0v) is 19.4. The second kappa shape index (κ2) is 12.2. The summed E-state index contributed by atoms with van der Waals surface area (Å²) in [5.41, 5.74) is 2.09. The smallest absolute Gasteiger partial charge is 0.195 e. The maximum Gasteiger partial charge on any atom is 0.195 e. The van der Waals surface area contributed by atoms with Gasteiger partial charge in [-0.3, -0.25) is 9.89 Å². The van der Waals surface area contributed by atoms with E-state index < -0.39 is 0 Å². The van der Waals surface area contributed by atoms with Crippen LogP contribution in [0.3, 0.4) is 0 Å². The molecule has 2 aromatic carbocycles. The first-order chi connectivity index (χ1) is 15.7. The lowest BCUT2D eigenvalue weighted by atomic mass is 10.0. The standard InChI is InChI=1S/C24H34N4O4/c1-5-32-22-11-8-19(16-23(22)30-4)27-24(25-2)26-17-21(28-12-14-31-15-13-28)18-6-9-20(29-3)10-7-18/h6-11,16,21H,5,12-15,17H2,1-4H3,(H2,25,26,27). The average Bonchev–Trinajstić information content (AvgIpc) is 2.85. The van der Waals surface area contributed by atoms with Gasteiger partial charge in [-0.25, -0.2) is 0 Å². The van der Waals surface area contributed by atoms with Crippen molar-refractivity contribution in [1.29, 1.82) is 0 Å². The number of hydrogen-bond donors (Lipinski definition) is 2. The molecular weight excluding hydrogens is 408 g/mol. The Morgan fingerprint density at radius 2 is 1.81 bits per heavy atom. The molecule has 1 aliphatic heterocycles. The van der Waals surface area contributed by atoms with E-state index in [1.807, 2.05) is 37.3 Å². The van der Waals surface area contributed by atoms with Crippen molar-refractivity contribution >= 4 is 11.6 Å². The second-order valence-corrected chi connectivity index (χ2v) is 7.31. The lowest BCUT2D eigenvalue weighted by Gasteiger charge is -2.35. The van der Waals surface area contributed by atoms with E-state index in [0.717, 1.165) is 43.5 Å². The Balaban J connectivity index is 1.70. The maximum absolute atomic E-state index is 5.60. The quantitative estimate of drug-likeness (QED) is 0.456. The molecule has 0 bridgehead atoms. The molecular formula is C24H34N4O4. The number of nitrogens with one attached hydrogen (secondary N) is 2. The third-order valence-corrected chi connectivity index (χ3v) is 5.40. The molecule has 8 heteroatoms. The largest absolute Gasteiger partial charge is 0.497 e. The van der Waals surface area contributed by atoms with Crippen LogP contribution in [0, 0.1) is 0 Å². The Morgan fingerprint density at radius 1 is 1.06 bits per heavy atom. The first-order valence-electron chi connectivity index (χ1n) is 10.9. The molecule has 0 spiro atoms. The zero-order valence-electron chi connectivity index (χ0n) is 19.4. The van der Waals surface area contributed by atoms with E-state index in [0.29, 0.717) is 24.9 Å². The van der Waals surface area contributed by atoms with Crippen molar-refractivity contribution in [1.82, 2.24) is 10.2 Å². The number of nitrogens with zero attached hydrogens (tertiary/aromatic N) is 2. The van der Waals surface area contributed by atoms with Crippen LogP contribution in [0.25, 0.3) is 0 Å². The molecule has 1 heterocycles. The molecule has 0 aliphatic carbocycles. The van der Waals surface area contributed by atoms with Crippen LogP contribution in [0.5, 0.6) is 17.2 Å². The van der Waals surface area contributed by atoms with Crippen LogP contribution in [-0.2, 0) is 4.74 Å². The number of ether oxygens (including phenoxy) is 4. The van der Waals surface area contributed by atoms with Gasteiger partial charge in [0.05, 0.1) is 40.1 Å². The van der Waals surface area contributed by atoms with Gasteiger partial charge in [0.1, 0.15) is 5.75 Å². The predicted molar refractivity (Wildman–Crippen MR) is 127 cm³/mol. The normalized spacial score (nSPS) is 15.7. The van der Waals surface area contributed by atoms with E-state index in [9.17, 15) is 0 Å². The lowest BCUT2D eigenvalue weighted by molar-refractivity contribution is 0.0170. The molecule has 3 rings (SSSR count). The van der Waals surface area contributed by atoms with Gasteiger partial charge in [-0.15, -0.1) is 0 Å². The Kier molecular flexibility index (Phi) is 9.01. The minimum absolute atomic E-state index is 0.179. The minimum Gasteiger partial charge on any atom is -0.497 e. The molecule has 0 aromatic heterocycles. The SMILES string of the molecule is CCOc1ccc(NC(=NC)NCC(c2ccc(OC)cc2)N2CCOCC2)cc1OC. The predicted octanol–water partition coefficient (Wildman–Crippen LogP) is 3.16. The highest BCUT2D eigenvalue weighted by molar-refractivity contribution is 5.93. The number of aliphatic imine (C=N–C) groups is 1. The van der Waals surface area contributed by atoms with Crippen LogP contribution in [0.2, 0.25) is 0 Å². The Bertz CT molecular complexity index is 867. The summed E-state index contributed by atoms with van der Waals surface area (Å²) >= 11 is 0. The highest BCUT2D eigenvalue weighted by atomic mass is 16.5. The molecule has 174 valence electrons. The van der Waals surface area contributed by atoms with Gasteiger partial charge in [0, 0.05) is 38.4 Å². The number of anilines is 1. The van der Waals surface area contributed by atoms with Gasteiger partial charge in [-0.2, -0.15) is 0 Å². The Hall–Kier alpha value is -2.97. The molecule has 32 heavy (non-hydrogen) atoms. The van der Waals surface area contributed by atoms with Gasteiger partial charge < -0.3 is 29.6 Å². The maximum atomic E-state index is 5.60. The van der Waals surface area contributed by atoms with Crippen molar-refractivity contribution in [3.63, 3.8) is 0 Å². The van der Waals surface area contributed by atoms with Crippen molar-refractivity contribution in [2.45, 2.75) is 13.0 Å². The van der Waals surface area contributed by atoms with Gasteiger partial charge in [-0.1, -0.05) is 12.1 Å². The first-order valence-corrected chi connectivity index (χ1v) is 10.9. The number of hydrogen-bond acceptors (Lipinski definition) is 6. The van der Waals surface area contributed by atoms with Crippen LogP contribution in [0.4, 0.5) is 5.69 Å². The number of morpholine rings is 1. The van der Waals surface area contributed by atoms with E-state index in [1.165, 1.54) is 5.56 Å². The molecule has 2 N–H and O–H groups in total. The monoisotopic (exact) mass is 442 g/mol. The van der Waals surface area contributed by atoms with E-state index in [2.05, 4.69) is 32.7 Å². The van der Waals surface area contributed by atoms with Crippen LogP contribution in [0.15, 0.2) is 47.5 Å². The fraction of sp³-hybridized carbons (Fsp3) is 0.458. The molecule has 1 aliphatic rings. The molecule has 0 radical (unpaired) electrons. The van der Waals surface area contributed by atoms with Crippen LogP contribution in [0.1, 0.15) is 18.5 Å². The van der Waals surface area contributed by atoms with Crippen LogP contribution >= 0.6 is 0 Å². The van der Waals surface area contributed by atoms with E-state index >= 15 is 0 Å². The molecule has 0 amide bonds. The van der Waals surface area contributed by atoms with Gasteiger partial charge in [0.2, 0.25) is 0 Å².